The molecule has 1 saturated heterocycles. The second kappa shape index (κ2) is 9.56. The molecule has 1 N–H and O–H groups in total. The first kappa shape index (κ1) is 19.4. The van der Waals surface area contributed by atoms with Gasteiger partial charge in [-0.1, -0.05) is 42.8 Å². The third-order valence-electron chi connectivity index (χ3n) is 5.09. The van der Waals surface area contributed by atoms with Gasteiger partial charge in [-0.3, -0.25) is 9.69 Å². The van der Waals surface area contributed by atoms with Crippen LogP contribution in [0.2, 0.25) is 0 Å². The van der Waals surface area contributed by atoms with E-state index in [1.165, 1.54) is 43.5 Å². The van der Waals surface area contributed by atoms with E-state index in [1.807, 2.05) is 37.3 Å². The second-order valence-electron chi connectivity index (χ2n) is 7.40. The lowest BCUT2D eigenvalue weighted by Crippen LogP contribution is -2.36. The maximum atomic E-state index is 12.5. The zero-order valence-corrected chi connectivity index (χ0v) is 16.4. The van der Waals surface area contributed by atoms with E-state index in [4.69, 9.17) is 4.74 Å². The topological polar surface area (TPSA) is 41.6 Å². The molecule has 0 radical (unpaired) electrons. The summed E-state index contributed by atoms with van der Waals surface area (Å²) < 4.78 is 5.78. The summed E-state index contributed by atoms with van der Waals surface area (Å²) in [5.41, 5.74) is 3.60. The van der Waals surface area contributed by atoms with Crippen LogP contribution in [0.3, 0.4) is 0 Å². The fraction of sp³-hybridized carbons (Fsp3) is 0.435. The van der Waals surface area contributed by atoms with Crippen LogP contribution in [-0.4, -0.2) is 30.0 Å². The number of rotatable bonds is 7. The average Bonchev–Trinajstić information content (AvgIpc) is 2.68. The minimum absolute atomic E-state index is 0.0933. The molecular formula is C23H30N2O2. The molecule has 1 aliphatic heterocycles. The lowest BCUT2D eigenvalue weighted by Gasteiger charge is -2.27. The predicted molar refractivity (Wildman–Crippen MR) is 109 cm³/mol. The molecule has 1 aliphatic rings. The summed E-state index contributed by atoms with van der Waals surface area (Å²) in [4.78, 5) is 15.0. The highest BCUT2D eigenvalue weighted by Crippen LogP contribution is 2.17. The number of nitrogens with one attached hydrogen (secondary N) is 1. The Bertz CT molecular complexity index is 754. The first-order chi connectivity index (χ1) is 13.1. The van der Waals surface area contributed by atoms with Crippen molar-refractivity contribution in [2.45, 2.75) is 52.3 Å². The van der Waals surface area contributed by atoms with Gasteiger partial charge in [0.1, 0.15) is 5.75 Å². The van der Waals surface area contributed by atoms with Crippen LogP contribution in [-0.2, 0) is 17.9 Å². The second-order valence-corrected chi connectivity index (χ2v) is 7.40. The van der Waals surface area contributed by atoms with Gasteiger partial charge in [0.2, 0.25) is 0 Å². The Kier molecular flexibility index (Phi) is 6.88. The number of likely N-dealkylation sites (tertiary alicyclic amines) is 1. The molecule has 0 aliphatic carbocycles. The number of amides is 1. The van der Waals surface area contributed by atoms with E-state index < -0.39 is 6.10 Å². The third-order valence-corrected chi connectivity index (χ3v) is 5.09. The van der Waals surface area contributed by atoms with E-state index in [1.54, 1.807) is 6.92 Å². The van der Waals surface area contributed by atoms with Crippen molar-refractivity contribution >= 4 is 5.91 Å². The van der Waals surface area contributed by atoms with Crippen LogP contribution >= 0.6 is 0 Å². The Labute approximate surface area is 162 Å². The number of ether oxygens (including phenoxy) is 1. The van der Waals surface area contributed by atoms with Gasteiger partial charge in [-0.15, -0.1) is 0 Å². The molecule has 2 aromatic rings. The van der Waals surface area contributed by atoms with Crippen molar-refractivity contribution < 1.29 is 9.53 Å². The number of carbonyl (C=O) groups excluding carboxylic acids is 1. The van der Waals surface area contributed by atoms with Gasteiger partial charge in [0.25, 0.3) is 5.91 Å². The van der Waals surface area contributed by atoms with Crippen molar-refractivity contribution in [3.8, 4) is 5.75 Å². The van der Waals surface area contributed by atoms with Crippen LogP contribution < -0.4 is 10.1 Å². The third kappa shape index (κ3) is 5.83. The van der Waals surface area contributed by atoms with Crippen LogP contribution in [0.25, 0.3) is 0 Å². The molecule has 0 bridgehead atoms. The Morgan fingerprint density at radius 3 is 2.56 bits per heavy atom. The van der Waals surface area contributed by atoms with Crippen LogP contribution in [0.15, 0.2) is 48.5 Å². The van der Waals surface area contributed by atoms with Gasteiger partial charge >= 0.3 is 0 Å². The molecule has 0 saturated carbocycles. The van der Waals surface area contributed by atoms with Gasteiger partial charge in [0.15, 0.2) is 6.10 Å². The Morgan fingerprint density at radius 1 is 1.07 bits per heavy atom. The molecule has 2 aromatic carbocycles. The number of piperidine rings is 1. The van der Waals surface area contributed by atoms with Gasteiger partial charge in [-0.05, 0) is 68.6 Å². The molecule has 0 unspecified atom stereocenters. The Hall–Kier alpha value is -2.33. The molecule has 144 valence electrons. The van der Waals surface area contributed by atoms with Crippen molar-refractivity contribution in [2.75, 3.05) is 13.1 Å². The quantitative estimate of drug-likeness (QED) is 0.803. The molecule has 3 rings (SSSR count). The summed E-state index contributed by atoms with van der Waals surface area (Å²) in [6, 6.07) is 16.2. The summed E-state index contributed by atoms with van der Waals surface area (Å²) in [5.74, 6) is 0.632. The fourth-order valence-electron chi connectivity index (χ4n) is 3.51. The summed E-state index contributed by atoms with van der Waals surface area (Å²) in [7, 11) is 0. The zero-order valence-electron chi connectivity index (χ0n) is 16.4. The molecular weight excluding hydrogens is 336 g/mol. The van der Waals surface area contributed by atoms with Gasteiger partial charge in [0.05, 0.1) is 0 Å². The standard InChI is InChI=1S/C23H30N2O2/c1-18-9-8-12-22(15-18)27-19(2)23(26)24-16-20-10-4-5-11-21(20)17-25-13-6-3-7-14-25/h4-5,8-12,15,19H,3,6-7,13-14,16-17H2,1-2H3,(H,24,26)/t19-/m0/s1. The number of hydrogen-bond acceptors (Lipinski definition) is 3. The summed E-state index contributed by atoms with van der Waals surface area (Å²) in [5, 5.41) is 3.03. The van der Waals surface area contributed by atoms with Crippen molar-refractivity contribution in [3.05, 3.63) is 65.2 Å². The largest absolute Gasteiger partial charge is 0.481 e. The molecule has 27 heavy (non-hydrogen) atoms. The summed E-state index contributed by atoms with van der Waals surface area (Å²) in [6.45, 7) is 7.63. The highest BCUT2D eigenvalue weighted by atomic mass is 16.5. The normalized spacial score (nSPS) is 15.9. The predicted octanol–water partition coefficient (Wildman–Crippen LogP) is 4.06. The fourth-order valence-corrected chi connectivity index (χ4v) is 3.51. The molecule has 1 amide bonds. The van der Waals surface area contributed by atoms with E-state index in [0.717, 1.165) is 17.9 Å². The average molecular weight is 367 g/mol. The maximum Gasteiger partial charge on any atom is 0.261 e. The molecule has 1 heterocycles. The first-order valence-corrected chi connectivity index (χ1v) is 9.92. The van der Waals surface area contributed by atoms with Gasteiger partial charge in [0, 0.05) is 13.1 Å². The molecule has 4 nitrogen and oxygen atoms in total. The Morgan fingerprint density at radius 2 is 1.81 bits per heavy atom. The highest BCUT2D eigenvalue weighted by Gasteiger charge is 2.16. The van der Waals surface area contributed by atoms with Crippen molar-refractivity contribution in [3.63, 3.8) is 0 Å². The number of nitrogens with zero attached hydrogens (tertiary/aromatic N) is 1. The monoisotopic (exact) mass is 366 g/mol. The summed E-state index contributed by atoms with van der Waals surface area (Å²) >= 11 is 0. The van der Waals surface area contributed by atoms with E-state index in [0.29, 0.717) is 6.54 Å². The van der Waals surface area contributed by atoms with Crippen LogP contribution in [0.5, 0.6) is 5.75 Å². The molecule has 1 fully saturated rings. The molecule has 0 aromatic heterocycles. The summed E-state index contributed by atoms with van der Waals surface area (Å²) in [6.07, 6.45) is 3.38. The lowest BCUT2D eigenvalue weighted by molar-refractivity contribution is -0.127. The van der Waals surface area contributed by atoms with E-state index in [2.05, 4.69) is 28.4 Å². The highest BCUT2D eigenvalue weighted by molar-refractivity contribution is 5.80. The lowest BCUT2D eigenvalue weighted by atomic mass is 10.0. The minimum Gasteiger partial charge on any atom is -0.481 e. The maximum absolute atomic E-state index is 12.5. The van der Waals surface area contributed by atoms with Gasteiger partial charge < -0.3 is 10.1 Å². The van der Waals surface area contributed by atoms with Gasteiger partial charge in [-0.25, -0.2) is 0 Å². The van der Waals surface area contributed by atoms with E-state index in [9.17, 15) is 4.79 Å². The number of carbonyl (C=O) groups is 1. The first-order valence-electron chi connectivity index (χ1n) is 9.92. The number of benzene rings is 2. The molecule has 4 heteroatoms. The van der Waals surface area contributed by atoms with Gasteiger partial charge in [-0.2, -0.15) is 0 Å². The van der Waals surface area contributed by atoms with Crippen molar-refractivity contribution in [1.82, 2.24) is 10.2 Å². The van der Waals surface area contributed by atoms with E-state index >= 15 is 0 Å². The van der Waals surface area contributed by atoms with Crippen LogP contribution in [0, 0.1) is 6.92 Å². The Balaban J connectivity index is 1.55. The number of aryl methyl sites for hydroxylation is 1. The SMILES string of the molecule is Cc1cccc(O[C@@H](C)C(=O)NCc2ccccc2CN2CCCCC2)c1. The van der Waals surface area contributed by atoms with E-state index in [-0.39, 0.29) is 5.91 Å². The van der Waals surface area contributed by atoms with Crippen molar-refractivity contribution in [2.24, 2.45) is 0 Å². The van der Waals surface area contributed by atoms with Crippen molar-refractivity contribution in [1.29, 1.82) is 0 Å². The molecule has 0 spiro atoms. The molecule has 1 atom stereocenters. The number of hydrogen-bond donors (Lipinski definition) is 1. The zero-order chi connectivity index (χ0) is 19.1. The smallest absolute Gasteiger partial charge is 0.261 e. The van der Waals surface area contributed by atoms with Crippen LogP contribution in [0.1, 0.15) is 42.9 Å². The van der Waals surface area contributed by atoms with Crippen LogP contribution in [0.4, 0.5) is 0 Å². The minimum atomic E-state index is -0.527.